The average Bonchev–Trinajstić information content (AvgIpc) is 3.08. The lowest BCUT2D eigenvalue weighted by atomic mass is 9.85. The molecule has 1 saturated carbocycles. The number of nitro benzene ring substituents is 1. The molecule has 4 rings (SSSR count). The molecular weight excluding hydrogens is 384 g/mol. The molecule has 8 nitrogen and oxygen atoms in total. The van der Waals surface area contributed by atoms with E-state index in [1.165, 1.54) is 25.8 Å². The van der Waals surface area contributed by atoms with E-state index >= 15 is 0 Å². The molecule has 30 heavy (non-hydrogen) atoms. The lowest BCUT2D eigenvalue weighted by Crippen LogP contribution is -2.48. The number of likely N-dealkylation sites (tertiary alicyclic amines) is 1. The summed E-state index contributed by atoms with van der Waals surface area (Å²) < 4.78 is 0. The van der Waals surface area contributed by atoms with Gasteiger partial charge in [0, 0.05) is 56.8 Å². The zero-order valence-electron chi connectivity index (χ0n) is 17.7. The summed E-state index contributed by atoms with van der Waals surface area (Å²) in [6.45, 7) is 5.80. The minimum absolute atomic E-state index is 0.0193. The minimum atomic E-state index is -0.402. The van der Waals surface area contributed by atoms with Crippen molar-refractivity contribution in [2.75, 3.05) is 31.1 Å². The van der Waals surface area contributed by atoms with E-state index in [1.54, 1.807) is 17.0 Å². The molecule has 1 aromatic carbocycles. The summed E-state index contributed by atoms with van der Waals surface area (Å²) >= 11 is 0. The third kappa shape index (κ3) is 3.75. The van der Waals surface area contributed by atoms with Gasteiger partial charge in [0.1, 0.15) is 5.69 Å². The van der Waals surface area contributed by atoms with Crippen LogP contribution in [0.25, 0.3) is 0 Å². The maximum absolute atomic E-state index is 13.3. The Kier molecular flexibility index (Phi) is 5.66. The zero-order valence-corrected chi connectivity index (χ0v) is 17.7. The van der Waals surface area contributed by atoms with Crippen LogP contribution in [0.3, 0.4) is 0 Å². The zero-order chi connectivity index (χ0) is 21.4. The Morgan fingerprint density at radius 2 is 1.80 bits per heavy atom. The molecule has 2 saturated heterocycles. The van der Waals surface area contributed by atoms with Crippen molar-refractivity contribution in [3.05, 3.63) is 33.9 Å². The standard InChI is InChI=1S/C22H30N4O4/c1-15-13-17-5-3-4-6-19(17)25(15)22(28)18-7-8-20(21(14-18)26(29)30)24-11-9-23(10-12-24)16(2)27/h7-8,14-15,17,19H,3-6,9-13H2,1-2H3. The number of hydrogen-bond acceptors (Lipinski definition) is 5. The Bertz CT molecular complexity index is 850. The summed E-state index contributed by atoms with van der Waals surface area (Å²) in [5.74, 6) is 0.489. The van der Waals surface area contributed by atoms with E-state index in [1.807, 2.05) is 9.80 Å². The number of nitrogens with zero attached hydrogens (tertiary/aromatic N) is 4. The van der Waals surface area contributed by atoms with E-state index in [4.69, 9.17) is 0 Å². The number of rotatable bonds is 3. The van der Waals surface area contributed by atoms with Crippen molar-refractivity contribution in [2.24, 2.45) is 5.92 Å². The normalized spacial score (nSPS) is 26.5. The monoisotopic (exact) mass is 414 g/mol. The van der Waals surface area contributed by atoms with Crippen LogP contribution in [0.5, 0.6) is 0 Å². The minimum Gasteiger partial charge on any atom is -0.362 e. The first-order chi connectivity index (χ1) is 14.4. The van der Waals surface area contributed by atoms with Gasteiger partial charge in [-0.25, -0.2) is 0 Å². The lowest BCUT2D eigenvalue weighted by Gasteiger charge is -2.35. The second-order valence-electron chi connectivity index (χ2n) is 8.86. The van der Waals surface area contributed by atoms with Gasteiger partial charge in [0.05, 0.1) is 4.92 Å². The fourth-order valence-corrected chi connectivity index (χ4v) is 5.54. The quantitative estimate of drug-likeness (QED) is 0.560. The van der Waals surface area contributed by atoms with Crippen LogP contribution < -0.4 is 4.90 Å². The average molecular weight is 415 g/mol. The van der Waals surface area contributed by atoms with Crippen LogP contribution in [0.15, 0.2) is 18.2 Å². The summed E-state index contributed by atoms with van der Waals surface area (Å²) in [5.41, 5.74) is 0.875. The van der Waals surface area contributed by atoms with Gasteiger partial charge in [-0.05, 0) is 44.2 Å². The van der Waals surface area contributed by atoms with E-state index in [0.29, 0.717) is 43.3 Å². The van der Waals surface area contributed by atoms with Gasteiger partial charge in [-0.2, -0.15) is 0 Å². The van der Waals surface area contributed by atoms with Crippen LogP contribution in [0.1, 0.15) is 56.3 Å². The maximum atomic E-state index is 13.3. The second-order valence-corrected chi connectivity index (χ2v) is 8.86. The first-order valence-electron chi connectivity index (χ1n) is 11.0. The fourth-order valence-electron chi connectivity index (χ4n) is 5.54. The highest BCUT2D eigenvalue weighted by molar-refractivity contribution is 5.96. The molecule has 0 aromatic heterocycles. The lowest BCUT2D eigenvalue weighted by molar-refractivity contribution is -0.384. The Morgan fingerprint density at radius 3 is 2.47 bits per heavy atom. The topological polar surface area (TPSA) is 87.0 Å². The van der Waals surface area contributed by atoms with Gasteiger partial charge in [-0.3, -0.25) is 19.7 Å². The van der Waals surface area contributed by atoms with Crippen LogP contribution in [-0.4, -0.2) is 64.8 Å². The number of hydrogen-bond donors (Lipinski definition) is 0. The van der Waals surface area contributed by atoms with Crippen LogP contribution >= 0.6 is 0 Å². The van der Waals surface area contributed by atoms with Gasteiger partial charge in [0.2, 0.25) is 5.91 Å². The fraction of sp³-hybridized carbons (Fsp3) is 0.636. The Hall–Kier alpha value is -2.64. The summed E-state index contributed by atoms with van der Waals surface area (Å²) in [6.07, 6.45) is 5.60. The molecule has 3 aliphatic rings. The third-order valence-electron chi connectivity index (χ3n) is 7.06. The summed E-state index contributed by atoms with van der Waals surface area (Å²) in [6, 6.07) is 5.31. The predicted octanol–water partition coefficient (Wildman–Crippen LogP) is 3.06. The number of nitro groups is 1. The molecule has 3 unspecified atom stereocenters. The molecule has 0 radical (unpaired) electrons. The van der Waals surface area contributed by atoms with Crippen molar-refractivity contribution >= 4 is 23.2 Å². The van der Waals surface area contributed by atoms with Gasteiger partial charge in [0.15, 0.2) is 0 Å². The first-order valence-corrected chi connectivity index (χ1v) is 11.0. The highest BCUT2D eigenvalue weighted by Gasteiger charge is 2.43. The molecule has 2 amide bonds. The van der Waals surface area contributed by atoms with Crippen molar-refractivity contribution in [1.82, 2.24) is 9.80 Å². The molecule has 1 aromatic rings. The van der Waals surface area contributed by atoms with Crippen molar-refractivity contribution in [3.63, 3.8) is 0 Å². The molecule has 2 heterocycles. The van der Waals surface area contributed by atoms with Gasteiger partial charge in [-0.15, -0.1) is 0 Å². The highest BCUT2D eigenvalue weighted by Crippen LogP contribution is 2.41. The van der Waals surface area contributed by atoms with Crippen LogP contribution in [0.2, 0.25) is 0 Å². The summed E-state index contributed by atoms with van der Waals surface area (Å²) in [4.78, 5) is 42.0. The molecule has 3 atom stereocenters. The molecular formula is C22H30N4O4. The number of piperazine rings is 1. The van der Waals surface area contributed by atoms with E-state index in [9.17, 15) is 19.7 Å². The third-order valence-corrected chi connectivity index (χ3v) is 7.06. The van der Waals surface area contributed by atoms with E-state index in [2.05, 4.69) is 6.92 Å². The highest BCUT2D eigenvalue weighted by atomic mass is 16.6. The van der Waals surface area contributed by atoms with E-state index in [0.717, 1.165) is 19.3 Å². The number of benzene rings is 1. The molecule has 8 heteroatoms. The van der Waals surface area contributed by atoms with Crippen molar-refractivity contribution < 1.29 is 14.5 Å². The number of amides is 2. The smallest absolute Gasteiger partial charge is 0.293 e. The number of carbonyl (C=O) groups is 2. The Morgan fingerprint density at radius 1 is 1.10 bits per heavy atom. The van der Waals surface area contributed by atoms with Crippen molar-refractivity contribution in [3.8, 4) is 0 Å². The number of anilines is 1. The summed E-state index contributed by atoms with van der Waals surface area (Å²) in [5, 5.41) is 11.8. The molecule has 0 spiro atoms. The van der Waals surface area contributed by atoms with Gasteiger partial charge in [0.25, 0.3) is 11.6 Å². The van der Waals surface area contributed by atoms with Gasteiger partial charge >= 0.3 is 0 Å². The number of carbonyl (C=O) groups excluding carboxylic acids is 2. The van der Waals surface area contributed by atoms with Crippen LogP contribution in [0, 0.1) is 16.0 Å². The molecule has 1 aliphatic carbocycles. The molecule has 3 fully saturated rings. The first kappa shape index (κ1) is 20.6. The molecule has 162 valence electrons. The van der Waals surface area contributed by atoms with E-state index in [-0.39, 0.29) is 29.6 Å². The number of fused-ring (bicyclic) bond motifs is 1. The Balaban J connectivity index is 1.57. The maximum Gasteiger partial charge on any atom is 0.293 e. The molecule has 2 aliphatic heterocycles. The van der Waals surface area contributed by atoms with Crippen molar-refractivity contribution in [1.29, 1.82) is 0 Å². The Labute approximate surface area is 177 Å². The second kappa shape index (κ2) is 8.24. The van der Waals surface area contributed by atoms with Crippen LogP contribution in [-0.2, 0) is 4.79 Å². The van der Waals surface area contributed by atoms with Gasteiger partial charge in [-0.1, -0.05) is 12.8 Å². The van der Waals surface area contributed by atoms with Gasteiger partial charge < -0.3 is 14.7 Å². The SMILES string of the molecule is CC(=O)N1CCN(c2ccc(C(=O)N3C(C)CC4CCCCC43)cc2[N+](=O)[O-])CC1. The van der Waals surface area contributed by atoms with Crippen molar-refractivity contribution in [2.45, 2.75) is 58.0 Å². The molecule has 0 bridgehead atoms. The van der Waals surface area contributed by atoms with Crippen LogP contribution in [0.4, 0.5) is 11.4 Å². The summed E-state index contributed by atoms with van der Waals surface area (Å²) in [7, 11) is 0. The molecule has 0 N–H and O–H groups in total. The predicted molar refractivity (Wildman–Crippen MR) is 114 cm³/mol. The largest absolute Gasteiger partial charge is 0.362 e. The van der Waals surface area contributed by atoms with E-state index < -0.39 is 4.92 Å².